The van der Waals surface area contributed by atoms with Crippen LogP contribution in [0, 0.1) is 0 Å². The van der Waals surface area contributed by atoms with Gasteiger partial charge in [-0.3, -0.25) is 9.59 Å². The van der Waals surface area contributed by atoms with E-state index in [2.05, 4.69) is 10.6 Å². The molecule has 1 aromatic rings. The van der Waals surface area contributed by atoms with Crippen LogP contribution in [0.15, 0.2) is 18.2 Å². The summed E-state index contributed by atoms with van der Waals surface area (Å²) in [4.78, 5) is 34.0. The average Bonchev–Trinajstić information content (AvgIpc) is 2.97. The zero-order valence-electron chi connectivity index (χ0n) is 13.4. The summed E-state index contributed by atoms with van der Waals surface area (Å²) >= 11 is 0. The van der Waals surface area contributed by atoms with E-state index in [0.29, 0.717) is 11.5 Å². The molecule has 2 rings (SSSR count). The van der Waals surface area contributed by atoms with Gasteiger partial charge >= 0.3 is 6.03 Å². The first kappa shape index (κ1) is 17.4. The number of amides is 4. The Morgan fingerprint density at radius 2 is 1.79 bits per heavy atom. The van der Waals surface area contributed by atoms with Crippen LogP contribution in [0.3, 0.4) is 0 Å². The molecule has 0 unspecified atom stereocenters. The Hall–Kier alpha value is -2.97. The van der Waals surface area contributed by atoms with E-state index < -0.39 is 29.3 Å². The van der Waals surface area contributed by atoms with Gasteiger partial charge in [0.1, 0.15) is 0 Å². The van der Waals surface area contributed by atoms with Crippen molar-refractivity contribution >= 4 is 17.8 Å². The third-order valence-electron chi connectivity index (χ3n) is 3.69. The Morgan fingerprint density at radius 1 is 1.17 bits per heavy atom. The number of carbonyl (C=O) groups is 3. The average molecular weight is 336 g/mol. The largest absolute Gasteiger partial charge is 0.454 e. The molecule has 1 aromatic carbocycles. The SMILES string of the molecule is CC(C)(CNC(=O)NC(C(N)=O)C(N)=O)c1ccc2c(c1)OCO2. The first-order chi connectivity index (χ1) is 11.2. The number of urea groups is 1. The lowest BCUT2D eigenvalue weighted by Crippen LogP contribution is -2.55. The Bertz CT molecular complexity index is 660. The van der Waals surface area contributed by atoms with Crippen LogP contribution in [0.4, 0.5) is 4.79 Å². The van der Waals surface area contributed by atoms with Gasteiger partial charge in [0.15, 0.2) is 17.5 Å². The van der Waals surface area contributed by atoms with Crippen LogP contribution in [0.2, 0.25) is 0 Å². The molecule has 0 spiro atoms. The zero-order chi connectivity index (χ0) is 17.9. The van der Waals surface area contributed by atoms with E-state index in [9.17, 15) is 14.4 Å². The summed E-state index contributed by atoms with van der Waals surface area (Å²) in [5, 5.41) is 4.73. The fourth-order valence-electron chi connectivity index (χ4n) is 2.19. The fourth-order valence-corrected chi connectivity index (χ4v) is 2.19. The molecule has 9 nitrogen and oxygen atoms in total. The summed E-state index contributed by atoms with van der Waals surface area (Å²) in [6.45, 7) is 4.26. The molecule has 1 heterocycles. The maximum atomic E-state index is 11.8. The quantitative estimate of drug-likeness (QED) is 0.509. The van der Waals surface area contributed by atoms with Gasteiger partial charge in [0.25, 0.3) is 0 Å². The second-order valence-corrected chi connectivity index (χ2v) is 6.02. The van der Waals surface area contributed by atoms with Crippen molar-refractivity contribution in [3.8, 4) is 11.5 Å². The highest BCUT2D eigenvalue weighted by Crippen LogP contribution is 2.36. The number of fused-ring (bicyclic) bond motifs is 1. The van der Waals surface area contributed by atoms with Gasteiger partial charge in [0.2, 0.25) is 18.6 Å². The highest BCUT2D eigenvalue weighted by Gasteiger charge is 2.27. The number of hydrogen-bond donors (Lipinski definition) is 4. The van der Waals surface area contributed by atoms with Gasteiger partial charge in [0, 0.05) is 12.0 Å². The van der Waals surface area contributed by atoms with Crippen LogP contribution in [-0.2, 0) is 15.0 Å². The molecule has 0 aliphatic carbocycles. The van der Waals surface area contributed by atoms with Crippen LogP contribution in [0.25, 0.3) is 0 Å². The smallest absolute Gasteiger partial charge is 0.315 e. The number of benzene rings is 1. The lowest BCUT2D eigenvalue weighted by molar-refractivity contribution is -0.128. The number of ether oxygens (including phenoxy) is 2. The molecule has 6 N–H and O–H groups in total. The van der Waals surface area contributed by atoms with Gasteiger partial charge in [-0.1, -0.05) is 19.9 Å². The van der Waals surface area contributed by atoms with E-state index in [-0.39, 0.29) is 13.3 Å². The molecule has 0 bridgehead atoms. The molecule has 1 aliphatic heterocycles. The Balaban J connectivity index is 1.98. The van der Waals surface area contributed by atoms with E-state index in [1.54, 1.807) is 6.07 Å². The maximum Gasteiger partial charge on any atom is 0.315 e. The fraction of sp³-hybridized carbons (Fsp3) is 0.400. The van der Waals surface area contributed by atoms with Crippen molar-refractivity contribution in [2.24, 2.45) is 11.5 Å². The standard InChI is InChI=1S/C15H20N4O5/c1-15(2,8-3-4-9-10(5-8)24-7-23-9)6-18-14(22)19-11(12(16)20)13(17)21/h3-5,11H,6-7H2,1-2H3,(H2,16,20)(H2,17,21)(H2,18,19,22). The maximum absolute atomic E-state index is 11.8. The van der Waals surface area contributed by atoms with Crippen LogP contribution in [-0.4, -0.2) is 37.2 Å². The number of hydrogen-bond acceptors (Lipinski definition) is 5. The van der Waals surface area contributed by atoms with Crippen molar-refractivity contribution in [1.29, 1.82) is 0 Å². The first-order valence-electron chi connectivity index (χ1n) is 7.24. The Labute approximate surface area is 138 Å². The molecule has 9 heteroatoms. The first-order valence-corrected chi connectivity index (χ1v) is 7.24. The van der Waals surface area contributed by atoms with Crippen molar-refractivity contribution in [1.82, 2.24) is 10.6 Å². The number of nitrogens with two attached hydrogens (primary N) is 2. The summed E-state index contributed by atoms with van der Waals surface area (Å²) in [6, 6.07) is 3.25. The highest BCUT2D eigenvalue weighted by atomic mass is 16.7. The topological polar surface area (TPSA) is 146 Å². The summed E-state index contributed by atoms with van der Waals surface area (Å²) in [7, 11) is 0. The number of carbonyl (C=O) groups excluding carboxylic acids is 3. The summed E-state index contributed by atoms with van der Waals surface area (Å²) in [6.07, 6.45) is 0. The number of rotatable bonds is 6. The third kappa shape index (κ3) is 3.86. The molecule has 24 heavy (non-hydrogen) atoms. The molecule has 4 amide bonds. The van der Waals surface area contributed by atoms with Gasteiger partial charge in [-0.2, -0.15) is 0 Å². The van der Waals surface area contributed by atoms with Gasteiger partial charge in [-0.15, -0.1) is 0 Å². The van der Waals surface area contributed by atoms with E-state index in [4.69, 9.17) is 20.9 Å². The van der Waals surface area contributed by atoms with E-state index in [1.165, 1.54) is 0 Å². The minimum absolute atomic E-state index is 0.182. The van der Waals surface area contributed by atoms with E-state index in [0.717, 1.165) is 5.56 Å². The van der Waals surface area contributed by atoms with E-state index >= 15 is 0 Å². The van der Waals surface area contributed by atoms with Crippen LogP contribution < -0.4 is 31.6 Å². The zero-order valence-corrected chi connectivity index (χ0v) is 13.4. The van der Waals surface area contributed by atoms with Gasteiger partial charge in [0.05, 0.1) is 0 Å². The van der Waals surface area contributed by atoms with Gasteiger partial charge in [-0.05, 0) is 17.7 Å². The molecular weight excluding hydrogens is 316 g/mol. The molecule has 0 atom stereocenters. The summed E-state index contributed by atoms with van der Waals surface area (Å²) in [5.74, 6) is -0.723. The predicted molar refractivity (Wildman–Crippen MR) is 84.3 cm³/mol. The van der Waals surface area contributed by atoms with Crippen molar-refractivity contribution in [3.05, 3.63) is 23.8 Å². The molecule has 0 fully saturated rings. The minimum atomic E-state index is -1.56. The van der Waals surface area contributed by atoms with Crippen LogP contribution in [0.1, 0.15) is 19.4 Å². The Kier molecular flexibility index (Phi) is 4.82. The normalized spacial score (nSPS) is 12.8. The molecular formula is C15H20N4O5. The van der Waals surface area contributed by atoms with Gasteiger partial charge < -0.3 is 31.6 Å². The highest BCUT2D eigenvalue weighted by molar-refractivity contribution is 6.05. The summed E-state index contributed by atoms with van der Waals surface area (Å²) < 4.78 is 10.6. The monoisotopic (exact) mass is 336 g/mol. The molecule has 1 aliphatic rings. The molecule has 0 saturated heterocycles. The van der Waals surface area contributed by atoms with Crippen molar-refractivity contribution < 1.29 is 23.9 Å². The lowest BCUT2D eigenvalue weighted by atomic mass is 9.84. The molecule has 130 valence electrons. The molecule has 0 saturated carbocycles. The van der Waals surface area contributed by atoms with Crippen molar-refractivity contribution in [3.63, 3.8) is 0 Å². The van der Waals surface area contributed by atoms with Crippen molar-refractivity contribution in [2.45, 2.75) is 25.3 Å². The second-order valence-electron chi connectivity index (χ2n) is 6.02. The number of nitrogens with one attached hydrogen (secondary N) is 2. The molecule has 0 aromatic heterocycles. The Morgan fingerprint density at radius 3 is 2.42 bits per heavy atom. The number of primary amides is 2. The lowest BCUT2D eigenvalue weighted by Gasteiger charge is -2.26. The second kappa shape index (κ2) is 6.65. The van der Waals surface area contributed by atoms with Crippen molar-refractivity contribution in [2.75, 3.05) is 13.3 Å². The minimum Gasteiger partial charge on any atom is -0.454 e. The van der Waals surface area contributed by atoms with Crippen LogP contribution >= 0.6 is 0 Å². The van der Waals surface area contributed by atoms with E-state index in [1.807, 2.05) is 26.0 Å². The predicted octanol–water partition coefficient (Wildman–Crippen LogP) is -0.669. The third-order valence-corrected chi connectivity index (χ3v) is 3.69. The van der Waals surface area contributed by atoms with Crippen LogP contribution in [0.5, 0.6) is 11.5 Å². The van der Waals surface area contributed by atoms with Gasteiger partial charge in [-0.25, -0.2) is 4.79 Å². The summed E-state index contributed by atoms with van der Waals surface area (Å²) in [5.41, 5.74) is 10.5. The molecule has 0 radical (unpaired) electrons.